The summed E-state index contributed by atoms with van der Waals surface area (Å²) >= 11 is 0. The van der Waals surface area contributed by atoms with Crippen LogP contribution in [0.15, 0.2) is 59.0 Å². The minimum absolute atomic E-state index is 0.141. The summed E-state index contributed by atoms with van der Waals surface area (Å²) in [6, 6.07) is 16.7. The van der Waals surface area contributed by atoms with Crippen LogP contribution in [0.25, 0.3) is 10.8 Å². The van der Waals surface area contributed by atoms with Crippen LogP contribution in [0.1, 0.15) is 35.6 Å². The fourth-order valence-corrected chi connectivity index (χ4v) is 3.30. The molecule has 4 rings (SSSR count). The van der Waals surface area contributed by atoms with Crippen LogP contribution in [0.3, 0.4) is 0 Å². The molecular weight excluding hydrogens is 356 g/mol. The smallest absolute Gasteiger partial charge is 0.287 e. The molecule has 1 atom stereocenters. The summed E-state index contributed by atoms with van der Waals surface area (Å²) in [7, 11) is 0. The topological polar surface area (TPSA) is 80.6 Å². The Morgan fingerprint density at radius 2 is 1.96 bits per heavy atom. The Labute approximate surface area is 162 Å². The highest BCUT2D eigenvalue weighted by Gasteiger charge is 2.24. The van der Waals surface area contributed by atoms with E-state index >= 15 is 0 Å². The van der Waals surface area contributed by atoms with Gasteiger partial charge in [0.05, 0.1) is 0 Å². The molecule has 1 fully saturated rings. The second kappa shape index (κ2) is 8.17. The molecule has 2 heterocycles. The molecule has 144 valence electrons. The van der Waals surface area contributed by atoms with E-state index < -0.39 is 6.04 Å². The quantitative estimate of drug-likeness (QED) is 0.713. The van der Waals surface area contributed by atoms with Gasteiger partial charge in [-0.3, -0.25) is 9.59 Å². The van der Waals surface area contributed by atoms with Crippen LogP contribution in [0.5, 0.6) is 5.75 Å². The number of carbonyl (C=O) groups is 2. The zero-order valence-corrected chi connectivity index (χ0v) is 15.4. The molecule has 3 aromatic rings. The minimum Gasteiger partial charge on any atom is -0.486 e. The lowest BCUT2D eigenvalue weighted by Crippen LogP contribution is -2.45. The Bertz CT molecular complexity index is 995. The van der Waals surface area contributed by atoms with E-state index in [0.29, 0.717) is 18.7 Å². The van der Waals surface area contributed by atoms with Crippen molar-refractivity contribution < 1.29 is 18.7 Å². The molecule has 0 radical (unpaired) electrons. The first kappa shape index (κ1) is 18.1. The molecule has 2 amide bonds. The van der Waals surface area contributed by atoms with Gasteiger partial charge in [-0.25, -0.2) is 0 Å². The van der Waals surface area contributed by atoms with Crippen molar-refractivity contribution in [3.8, 4) is 5.75 Å². The maximum atomic E-state index is 12.4. The second-order valence-corrected chi connectivity index (χ2v) is 6.88. The van der Waals surface area contributed by atoms with Crippen molar-refractivity contribution in [2.24, 2.45) is 0 Å². The third-order valence-corrected chi connectivity index (χ3v) is 4.83. The standard InChI is InChI=1S/C22H22N2O4/c25-21-19(7-3-4-12-23-21)24-22(26)20-11-10-18(28-20)14-27-17-9-8-15-5-1-2-6-16(15)13-17/h1-2,5-6,8-11,13,19H,3-4,7,12,14H2,(H,23,25)(H,24,26). The Kier molecular flexibility index (Phi) is 5.28. The summed E-state index contributed by atoms with van der Waals surface area (Å²) in [5.41, 5.74) is 0. The third-order valence-electron chi connectivity index (χ3n) is 4.83. The zero-order valence-electron chi connectivity index (χ0n) is 15.4. The van der Waals surface area contributed by atoms with Gasteiger partial charge in [-0.05, 0) is 54.3 Å². The van der Waals surface area contributed by atoms with Crippen LogP contribution >= 0.6 is 0 Å². The van der Waals surface area contributed by atoms with E-state index in [2.05, 4.69) is 10.6 Å². The molecule has 1 saturated heterocycles. The average molecular weight is 378 g/mol. The minimum atomic E-state index is -0.516. The zero-order chi connectivity index (χ0) is 19.3. The van der Waals surface area contributed by atoms with Gasteiger partial charge in [0.1, 0.15) is 24.2 Å². The van der Waals surface area contributed by atoms with Crippen LogP contribution < -0.4 is 15.4 Å². The number of rotatable bonds is 5. The van der Waals surface area contributed by atoms with E-state index in [4.69, 9.17) is 9.15 Å². The number of hydrogen-bond acceptors (Lipinski definition) is 4. The van der Waals surface area contributed by atoms with Gasteiger partial charge in [-0.2, -0.15) is 0 Å². The largest absolute Gasteiger partial charge is 0.486 e. The van der Waals surface area contributed by atoms with Crippen molar-refractivity contribution in [2.45, 2.75) is 31.9 Å². The highest BCUT2D eigenvalue weighted by atomic mass is 16.5. The van der Waals surface area contributed by atoms with Gasteiger partial charge in [-0.15, -0.1) is 0 Å². The molecule has 6 heteroatoms. The number of hydrogen-bond donors (Lipinski definition) is 2. The molecular formula is C22H22N2O4. The molecule has 6 nitrogen and oxygen atoms in total. The van der Waals surface area contributed by atoms with Gasteiger partial charge in [0, 0.05) is 6.54 Å². The van der Waals surface area contributed by atoms with Gasteiger partial charge in [0.25, 0.3) is 5.91 Å². The molecule has 0 aliphatic carbocycles. The summed E-state index contributed by atoms with van der Waals surface area (Å²) in [6.07, 6.45) is 2.46. The van der Waals surface area contributed by atoms with E-state index in [1.165, 1.54) is 0 Å². The fourth-order valence-electron chi connectivity index (χ4n) is 3.30. The highest BCUT2D eigenvalue weighted by Crippen LogP contribution is 2.22. The summed E-state index contributed by atoms with van der Waals surface area (Å²) in [4.78, 5) is 24.3. The van der Waals surface area contributed by atoms with E-state index in [-0.39, 0.29) is 24.2 Å². The maximum absolute atomic E-state index is 12.4. The summed E-state index contributed by atoms with van der Waals surface area (Å²) in [6.45, 7) is 0.873. The van der Waals surface area contributed by atoms with Crippen LogP contribution in [0, 0.1) is 0 Å². The molecule has 0 saturated carbocycles. The van der Waals surface area contributed by atoms with Crippen molar-refractivity contribution in [3.63, 3.8) is 0 Å². The summed E-state index contributed by atoms with van der Waals surface area (Å²) in [5, 5.41) is 7.80. The van der Waals surface area contributed by atoms with Crippen LogP contribution in [0.2, 0.25) is 0 Å². The number of benzene rings is 2. The van der Waals surface area contributed by atoms with Crippen LogP contribution in [-0.2, 0) is 11.4 Å². The highest BCUT2D eigenvalue weighted by molar-refractivity contribution is 5.95. The summed E-state index contributed by atoms with van der Waals surface area (Å²) < 4.78 is 11.4. The summed E-state index contributed by atoms with van der Waals surface area (Å²) in [5.74, 6) is 0.922. The van der Waals surface area contributed by atoms with Gasteiger partial charge in [0.15, 0.2) is 5.76 Å². The molecule has 1 aliphatic heterocycles. The molecule has 2 aromatic carbocycles. The first-order valence-corrected chi connectivity index (χ1v) is 9.48. The van der Waals surface area contributed by atoms with Crippen molar-refractivity contribution in [2.75, 3.05) is 6.54 Å². The number of furan rings is 1. The third kappa shape index (κ3) is 4.17. The molecule has 0 bridgehead atoms. The van der Waals surface area contributed by atoms with Crippen LogP contribution in [-0.4, -0.2) is 24.4 Å². The van der Waals surface area contributed by atoms with Crippen molar-refractivity contribution in [1.29, 1.82) is 0 Å². The first-order valence-electron chi connectivity index (χ1n) is 9.48. The molecule has 1 unspecified atom stereocenters. The maximum Gasteiger partial charge on any atom is 0.287 e. The number of ether oxygens (including phenoxy) is 1. The fraction of sp³-hybridized carbons (Fsp3) is 0.273. The SMILES string of the molecule is O=C(NC1CCCCNC1=O)c1ccc(COc2ccc3ccccc3c2)o1. The monoisotopic (exact) mass is 378 g/mol. The van der Waals surface area contributed by atoms with Gasteiger partial charge in [0.2, 0.25) is 5.91 Å². The molecule has 28 heavy (non-hydrogen) atoms. The lowest BCUT2D eigenvalue weighted by molar-refractivity contribution is -0.122. The van der Waals surface area contributed by atoms with E-state index in [1.807, 2.05) is 42.5 Å². The predicted molar refractivity (Wildman–Crippen MR) is 105 cm³/mol. The van der Waals surface area contributed by atoms with Gasteiger partial charge >= 0.3 is 0 Å². The number of carbonyl (C=O) groups excluding carboxylic acids is 2. The van der Waals surface area contributed by atoms with Gasteiger partial charge in [-0.1, -0.05) is 30.3 Å². The predicted octanol–water partition coefficient (Wildman–Crippen LogP) is 3.41. The molecule has 2 N–H and O–H groups in total. The molecule has 1 aromatic heterocycles. The van der Waals surface area contributed by atoms with Crippen molar-refractivity contribution in [3.05, 3.63) is 66.1 Å². The normalized spacial score (nSPS) is 17.0. The number of amides is 2. The van der Waals surface area contributed by atoms with Gasteiger partial charge < -0.3 is 19.8 Å². The van der Waals surface area contributed by atoms with Crippen molar-refractivity contribution in [1.82, 2.24) is 10.6 Å². The molecule has 0 spiro atoms. The average Bonchev–Trinajstić information content (AvgIpc) is 3.11. The Morgan fingerprint density at radius 3 is 2.86 bits per heavy atom. The van der Waals surface area contributed by atoms with Crippen molar-refractivity contribution >= 4 is 22.6 Å². The first-order chi connectivity index (χ1) is 13.7. The van der Waals surface area contributed by atoms with E-state index in [1.54, 1.807) is 12.1 Å². The van der Waals surface area contributed by atoms with E-state index in [9.17, 15) is 9.59 Å². The Morgan fingerprint density at radius 1 is 1.11 bits per heavy atom. The lowest BCUT2D eigenvalue weighted by Gasteiger charge is -2.14. The molecule has 1 aliphatic rings. The lowest BCUT2D eigenvalue weighted by atomic mass is 10.1. The van der Waals surface area contributed by atoms with E-state index in [0.717, 1.165) is 29.4 Å². The van der Waals surface area contributed by atoms with Crippen LogP contribution in [0.4, 0.5) is 0 Å². The number of fused-ring (bicyclic) bond motifs is 1. The Hall–Kier alpha value is -3.28. The Balaban J connectivity index is 1.36. The number of nitrogens with one attached hydrogen (secondary N) is 2. The second-order valence-electron chi connectivity index (χ2n) is 6.88.